The van der Waals surface area contributed by atoms with Crippen molar-refractivity contribution < 1.29 is 13.2 Å². The van der Waals surface area contributed by atoms with Crippen LogP contribution in [0.15, 0.2) is 36.4 Å². The molecule has 2 aromatic rings. The molecule has 2 aliphatic rings. The van der Waals surface area contributed by atoms with E-state index in [1.54, 1.807) is 0 Å². The van der Waals surface area contributed by atoms with Gasteiger partial charge in [0.25, 0.3) is 0 Å². The van der Waals surface area contributed by atoms with Gasteiger partial charge in [-0.25, -0.2) is 0 Å². The number of nitrogens with zero attached hydrogens (tertiary/aromatic N) is 2. The molecule has 0 aliphatic heterocycles. The second-order valence-corrected chi connectivity index (χ2v) is 5.94. The van der Waals surface area contributed by atoms with Crippen LogP contribution in [-0.4, -0.2) is 16.7 Å². The Balaban J connectivity index is 1.38. The topological polar surface area (TPSA) is 37.8 Å². The molecule has 1 N–H and O–H groups in total. The van der Waals surface area contributed by atoms with Crippen LogP contribution >= 0.6 is 0 Å². The van der Waals surface area contributed by atoms with Crippen LogP contribution in [0.3, 0.4) is 0 Å². The van der Waals surface area contributed by atoms with Crippen LogP contribution in [0.1, 0.15) is 22.7 Å². The van der Waals surface area contributed by atoms with E-state index in [-0.39, 0.29) is 0 Å². The van der Waals surface area contributed by atoms with Gasteiger partial charge in [0, 0.05) is 6.54 Å². The molecular formula is C16H14F3N3. The summed E-state index contributed by atoms with van der Waals surface area (Å²) in [5.41, 5.74) is 1.90. The Labute approximate surface area is 125 Å². The zero-order chi connectivity index (χ0) is 15.3. The molecule has 0 saturated heterocycles. The number of nitrogens with one attached hydrogen (secondary N) is 1. The van der Waals surface area contributed by atoms with Crippen LogP contribution in [0.5, 0.6) is 0 Å². The van der Waals surface area contributed by atoms with Crippen LogP contribution in [0.25, 0.3) is 0 Å². The maximum atomic E-state index is 12.4. The van der Waals surface area contributed by atoms with E-state index in [0.717, 1.165) is 19.0 Å². The quantitative estimate of drug-likeness (QED) is 0.943. The monoisotopic (exact) mass is 305 g/mol. The van der Waals surface area contributed by atoms with Gasteiger partial charge >= 0.3 is 6.18 Å². The molecule has 1 aromatic carbocycles. The minimum absolute atomic E-state index is 0.395. The van der Waals surface area contributed by atoms with Gasteiger partial charge in [0.2, 0.25) is 0 Å². The van der Waals surface area contributed by atoms with Crippen molar-refractivity contribution in [3.05, 3.63) is 53.2 Å². The van der Waals surface area contributed by atoms with Gasteiger partial charge in [0.15, 0.2) is 5.69 Å². The Morgan fingerprint density at radius 3 is 2.64 bits per heavy atom. The maximum absolute atomic E-state index is 12.4. The molecule has 0 radical (unpaired) electrons. The van der Waals surface area contributed by atoms with Crippen LogP contribution in [0.2, 0.25) is 0 Å². The average molecular weight is 305 g/mol. The summed E-state index contributed by atoms with van der Waals surface area (Å²) in [7, 11) is 0. The number of benzene rings is 1. The highest BCUT2D eigenvalue weighted by atomic mass is 19.4. The van der Waals surface area contributed by atoms with E-state index < -0.39 is 11.9 Å². The van der Waals surface area contributed by atoms with E-state index in [1.807, 2.05) is 0 Å². The van der Waals surface area contributed by atoms with Gasteiger partial charge in [-0.15, -0.1) is 10.2 Å². The minimum atomic E-state index is -4.44. The van der Waals surface area contributed by atoms with Gasteiger partial charge in [0.05, 0.1) is 0 Å². The molecule has 3 atom stereocenters. The molecule has 3 unspecified atom stereocenters. The predicted octanol–water partition coefficient (Wildman–Crippen LogP) is 3.49. The SMILES string of the molecule is FC(F)(F)c1ccc(NCC2C3Cc4ccccc4C23)nn1. The average Bonchev–Trinajstić information content (AvgIpc) is 3.03. The molecule has 4 rings (SSSR count). The molecule has 6 heteroatoms. The van der Waals surface area contributed by atoms with Crippen molar-refractivity contribution in [1.29, 1.82) is 0 Å². The summed E-state index contributed by atoms with van der Waals surface area (Å²) in [6.07, 6.45) is -3.34. The first kappa shape index (κ1) is 13.5. The Kier molecular flexibility index (Phi) is 2.89. The van der Waals surface area contributed by atoms with Crippen LogP contribution < -0.4 is 5.32 Å². The first-order valence-electron chi connectivity index (χ1n) is 7.26. The number of halogens is 3. The number of aromatic nitrogens is 2. The molecule has 22 heavy (non-hydrogen) atoms. The second kappa shape index (κ2) is 4.69. The lowest BCUT2D eigenvalue weighted by atomic mass is 10.0. The van der Waals surface area contributed by atoms with Crippen molar-refractivity contribution in [2.75, 3.05) is 11.9 Å². The largest absolute Gasteiger partial charge is 0.435 e. The highest BCUT2D eigenvalue weighted by molar-refractivity contribution is 5.44. The molecule has 2 aliphatic carbocycles. The lowest BCUT2D eigenvalue weighted by Gasteiger charge is -2.09. The molecule has 1 fully saturated rings. The summed E-state index contributed by atoms with van der Waals surface area (Å²) in [6, 6.07) is 10.8. The van der Waals surface area contributed by atoms with Crippen LogP contribution in [-0.2, 0) is 12.6 Å². The number of anilines is 1. The van der Waals surface area contributed by atoms with Crippen LogP contribution in [0, 0.1) is 11.8 Å². The van der Waals surface area contributed by atoms with Crippen molar-refractivity contribution in [2.24, 2.45) is 11.8 Å². The molecule has 0 bridgehead atoms. The highest BCUT2D eigenvalue weighted by Gasteiger charge is 2.54. The number of alkyl halides is 3. The van der Waals surface area contributed by atoms with Crippen molar-refractivity contribution in [1.82, 2.24) is 10.2 Å². The summed E-state index contributed by atoms with van der Waals surface area (Å²) in [5.74, 6) is 2.18. The molecule has 0 spiro atoms. The third-order valence-electron chi connectivity index (χ3n) is 4.68. The third kappa shape index (κ3) is 2.23. The molecule has 3 nitrogen and oxygen atoms in total. The summed E-state index contributed by atoms with van der Waals surface area (Å²) >= 11 is 0. The predicted molar refractivity (Wildman–Crippen MR) is 75.4 cm³/mol. The third-order valence-corrected chi connectivity index (χ3v) is 4.68. The molecule has 0 amide bonds. The van der Waals surface area contributed by atoms with Crippen molar-refractivity contribution in [3.8, 4) is 0 Å². The smallest absolute Gasteiger partial charge is 0.368 e. The number of fused-ring (bicyclic) bond motifs is 3. The zero-order valence-corrected chi connectivity index (χ0v) is 11.6. The molecular weight excluding hydrogens is 291 g/mol. The second-order valence-electron chi connectivity index (χ2n) is 5.94. The van der Waals surface area contributed by atoms with Gasteiger partial charge in [-0.2, -0.15) is 13.2 Å². The summed E-state index contributed by atoms with van der Waals surface area (Å²) in [5, 5.41) is 9.92. The van der Waals surface area contributed by atoms with E-state index in [1.165, 1.54) is 17.2 Å². The normalized spacial score (nSPS) is 25.5. The highest BCUT2D eigenvalue weighted by Crippen LogP contribution is 2.61. The van der Waals surface area contributed by atoms with Crippen molar-refractivity contribution in [2.45, 2.75) is 18.5 Å². The van der Waals surface area contributed by atoms with E-state index >= 15 is 0 Å². The zero-order valence-electron chi connectivity index (χ0n) is 11.6. The summed E-state index contributed by atoms with van der Waals surface area (Å²) < 4.78 is 37.3. The Morgan fingerprint density at radius 1 is 1.09 bits per heavy atom. The number of hydrogen-bond donors (Lipinski definition) is 1. The van der Waals surface area contributed by atoms with Crippen molar-refractivity contribution >= 4 is 5.82 Å². The Bertz CT molecular complexity index is 697. The lowest BCUT2D eigenvalue weighted by Crippen LogP contribution is -2.12. The van der Waals surface area contributed by atoms with Gasteiger partial charge < -0.3 is 5.32 Å². The van der Waals surface area contributed by atoms with Crippen molar-refractivity contribution in [3.63, 3.8) is 0 Å². The first-order chi connectivity index (χ1) is 10.5. The van der Waals surface area contributed by atoms with Gasteiger partial charge in [0.1, 0.15) is 5.82 Å². The van der Waals surface area contributed by atoms with E-state index in [9.17, 15) is 13.2 Å². The Hall–Kier alpha value is -2.11. The fourth-order valence-electron chi connectivity index (χ4n) is 3.56. The molecule has 114 valence electrons. The minimum Gasteiger partial charge on any atom is -0.368 e. The lowest BCUT2D eigenvalue weighted by molar-refractivity contribution is -0.141. The van der Waals surface area contributed by atoms with Gasteiger partial charge in [-0.3, -0.25) is 0 Å². The van der Waals surface area contributed by atoms with E-state index in [2.05, 4.69) is 39.8 Å². The fraction of sp³-hybridized carbons (Fsp3) is 0.375. The fourth-order valence-corrected chi connectivity index (χ4v) is 3.56. The standard InChI is InChI=1S/C16H14F3N3/c17-16(18,19)13-5-6-14(22-21-13)20-8-12-11-7-9-3-1-2-4-10(9)15(11)12/h1-6,11-12,15H,7-8H2,(H,20,22). The van der Waals surface area contributed by atoms with E-state index in [4.69, 9.17) is 0 Å². The number of hydrogen-bond acceptors (Lipinski definition) is 3. The Morgan fingerprint density at radius 2 is 1.91 bits per heavy atom. The number of rotatable bonds is 3. The van der Waals surface area contributed by atoms with Gasteiger partial charge in [-0.05, 0) is 47.4 Å². The van der Waals surface area contributed by atoms with Crippen LogP contribution in [0.4, 0.5) is 19.0 Å². The van der Waals surface area contributed by atoms with Gasteiger partial charge in [-0.1, -0.05) is 24.3 Å². The summed E-state index contributed by atoms with van der Waals surface area (Å²) in [4.78, 5) is 0. The molecule has 1 aromatic heterocycles. The van der Waals surface area contributed by atoms with E-state index in [0.29, 0.717) is 23.6 Å². The first-order valence-corrected chi connectivity index (χ1v) is 7.26. The molecule has 1 saturated carbocycles. The summed E-state index contributed by atoms with van der Waals surface area (Å²) in [6.45, 7) is 0.726. The molecule has 1 heterocycles. The maximum Gasteiger partial charge on any atom is 0.435 e.